The maximum Gasteiger partial charge on any atom is 0.327 e. The number of carboxylic acids is 1. The Hall–Kier alpha value is -2.38. The lowest BCUT2D eigenvalue weighted by molar-refractivity contribution is -0.141. The van der Waals surface area contributed by atoms with E-state index in [-0.39, 0.29) is 18.6 Å². The smallest absolute Gasteiger partial charge is 0.327 e. The first-order valence-electron chi connectivity index (χ1n) is 7.48. The Morgan fingerprint density at radius 1 is 1.04 bits per heavy atom. The molecule has 0 aromatic heterocycles. The van der Waals surface area contributed by atoms with E-state index in [0.717, 1.165) is 0 Å². The van der Waals surface area contributed by atoms with Gasteiger partial charge in [0.05, 0.1) is 13.2 Å². The highest BCUT2D eigenvalue weighted by Gasteiger charge is 2.26. The fourth-order valence-corrected chi connectivity index (χ4v) is 1.89. The molecule has 3 atom stereocenters. The van der Waals surface area contributed by atoms with Gasteiger partial charge in [-0.1, -0.05) is 0 Å². The van der Waals surface area contributed by atoms with Gasteiger partial charge in [-0.05, 0) is 6.42 Å². The Kier molecular flexibility index (Phi) is 10.9. The largest absolute Gasteiger partial charge is 0.480 e. The summed E-state index contributed by atoms with van der Waals surface area (Å²) in [5.74, 6) is -4.64. The van der Waals surface area contributed by atoms with Gasteiger partial charge in [0.15, 0.2) is 0 Å². The Labute approximate surface area is 154 Å². The van der Waals surface area contributed by atoms with Crippen molar-refractivity contribution < 1.29 is 34.2 Å². The van der Waals surface area contributed by atoms with Crippen LogP contribution in [-0.2, 0) is 24.0 Å². The van der Waals surface area contributed by atoms with Gasteiger partial charge in [-0.25, -0.2) is 4.79 Å². The quantitative estimate of drug-likeness (QED) is 0.151. The first kappa shape index (κ1) is 23.6. The minimum atomic E-state index is -1.32. The molecule has 0 aliphatic carbocycles. The van der Waals surface area contributed by atoms with Crippen LogP contribution < -0.4 is 27.4 Å². The van der Waals surface area contributed by atoms with Gasteiger partial charge >= 0.3 is 5.97 Å². The number of amides is 4. The van der Waals surface area contributed by atoms with E-state index < -0.39 is 60.9 Å². The van der Waals surface area contributed by atoms with Crippen molar-refractivity contribution in [2.45, 2.75) is 31.0 Å². The number of carbonyl (C=O) groups is 5. The molecule has 0 aromatic carbocycles. The SMILES string of the molecule is NC(=O)CCC(NC(=O)CNC(=O)C(N)CO)C(=O)NC(CS)C(=O)O. The number of aliphatic carboxylic acids is 1. The molecule has 0 bridgehead atoms. The van der Waals surface area contributed by atoms with Crippen molar-refractivity contribution in [2.75, 3.05) is 18.9 Å². The molecule has 26 heavy (non-hydrogen) atoms. The van der Waals surface area contributed by atoms with Crippen molar-refractivity contribution in [1.29, 1.82) is 0 Å². The lowest BCUT2D eigenvalue weighted by Gasteiger charge is -2.20. The van der Waals surface area contributed by atoms with Crippen LogP contribution in [0.2, 0.25) is 0 Å². The summed E-state index contributed by atoms with van der Waals surface area (Å²) >= 11 is 3.80. The highest BCUT2D eigenvalue weighted by Crippen LogP contribution is 2.00. The fraction of sp³-hybridized carbons (Fsp3) is 0.615. The number of carbonyl (C=O) groups excluding carboxylic acids is 4. The van der Waals surface area contributed by atoms with E-state index in [4.69, 9.17) is 21.7 Å². The maximum atomic E-state index is 12.1. The third kappa shape index (κ3) is 9.19. The van der Waals surface area contributed by atoms with Crippen LogP contribution in [0.4, 0.5) is 0 Å². The normalized spacial score (nSPS) is 13.8. The third-order valence-electron chi connectivity index (χ3n) is 3.08. The molecular formula is C13H23N5O7S. The van der Waals surface area contributed by atoms with Gasteiger partial charge in [0, 0.05) is 12.2 Å². The summed E-state index contributed by atoms with van der Waals surface area (Å²) in [6, 6.07) is -3.75. The zero-order chi connectivity index (χ0) is 20.3. The minimum Gasteiger partial charge on any atom is -0.480 e. The molecular weight excluding hydrogens is 370 g/mol. The highest BCUT2D eigenvalue weighted by molar-refractivity contribution is 7.80. The van der Waals surface area contributed by atoms with E-state index in [1.54, 1.807) is 0 Å². The summed E-state index contributed by atoms with van der Waals surface area (Å²) in [7, 11) is 0. The molecule has 148 valence electrons. The van der Waals surface area contributed by atoms with Gasteiger partial charge < -0.3 is 37.6 Å². The first-order chi connectivity index (χ1) is 12.1. The predicted molar refractivity (Wildman–Crippen MR) is 91.8 cm³/mol. The fourth-order valence-electron chi connectivity index (χ4n) is 1.64. The van der Waals surface area contributed by atoms with Crippen molar-refractivity contribution in [3.63, 3.8) is 0 Å². The van der Waals surface area contributed by atoms with Crippen molar-refractivity contribution >= 4 is 42.2 Å². The summed E-state index contributed by atoms with van der Waals surface area (Å²) in [6.45, 7) is -1.15. The van der Waals surface area contributed by atoms with E-state index in [9.17, 15) is 24.0 Å². The molecule has 9 N–H and O–H groups in total. The maximum absolute atomic E-state index is 12.1. The van der Waals surface area contributed by atoms with Crippen LogP contribution in [0.3, 0.4) is 0 Å². The molecule has 0 saturated heterocycles. The van der Waals surface area contributed by atoms with Crippen molar-refractivity contribution in [3.05, 3.63) is 0 Å². The number of nitrogens with one attached hydrogen (secondary N) is 3. The number of rotatable bonds is 12. The van der Waals surface area contributed by atoms with Crippen molar-refractivity contribution in [1.82, 2.24) is 16.0 Å². The second-order valence-corrected chi connectivity index (χ2v) is 5.58. The summed E-state index contributed by atoms with van der Waals surface area (Å²) < 4.78 is 0. The first-order valence-corrected chi connectivity index (χ1v) is 8.11. The second kappa shape index (κ2) is 12.1. The predicted octanol–water partition coefficient (Wildman–Crippen LogP) is -4.33. The summed E-state index contributed by atoms with van der Waals surface area (Å²) in [6.07, 6.45) is -0.408. The number of aliphatic hydroxyl groups is 1. The summed E-state index contributed by atoms with van der Waals surface area (Å²) in [5, 5.41) is 24.2. The molecule has 0 aromatic rings. The van der Waals surface area contributed by atoms with E-state index in [2.05, 4.69) is 28.6 Å². The van der Waals surface area contributed by atoms with Gasteiger partial charge in [0.25, 0.3) is 0 Å². The van der Waals surface area contributed by atoms with Gasteiger partial charge in [-0.2, -0.15) is 12.6 Å². The molecule has 0 aliphatic heterocycles. The number of aliphatic hydroxyl groups excluding tert-OH is 1. The number of carboxylic acid groups (broad SMARTS) is 1. The van der Waals surface area contributed by atoms with E-state index in [1.165, 1.54) is 0 Å². The third-order valence-corrected chi connectivity index (χ3v) is 3.45. The molecule has 0 fully saturated rings. The van der Waals surface area contributed by atoms with Crippen LogP contribution >= 0.6 is 12.6 Å². The zero-order valence-corrected chi connectivity index (χ0v) is 14.7. The van der Waals surface area contributed by atoms with E-state index in [0.29, 0.717) is 0 Å². The Morgan fingerprint density at radius 3 is 2.12 bits per heavy atom. The molecule has 12 nitrogen and oxygen atoms in total. The van der Waals surface area contributed by atoms with E-state index in [1.807, 2.05) is 0 Å². The molecule has 0 saturated carbocycles. The number of hydrogen-bond donors (Lipinski definition) is 8. The highest BCUT2D eigenvalue weighted by atomic mass is 32.1. The average Bonchev–Trinajstić information content (AvgIpc) is 2.59. The molecule has 13 heteroatoms. The molecule has 4 amide bonds. The second-order valence-electron chi connectivity index (χ2n) is 5.21. The van der Waals surface area contributed by atoms with Crippen LogP contribution in [0.25, 0.3) is 0 Å². The van der Waals surface area contributed by atoms with Gasteiger partial charge in [-0.3, -0.25) is 19.2 Å². The zero-order valence-electron chi connectivity index (χ0n) is 13.8. The standard InChI is InChI=1S/C13H23N5O7S/c14-6(4-19)11(22)16-3-10(21)17-7(1-2-9(15)20)12(23)18-8(5-26)13(24)25/h6-8,19,26H,1-5,14H2,(H2,15,20)(H,16,22)(H,17,21)(H,18,23)(H,24,25). The van der Waals surface area contributed by atoms with Gasteiger partial charge in [-0.15, -0.1) is 0 Å². The van der Waals surface area contributed by atoms with Crippen LogP contribution in [-0.4, -0.2) is 76.8 Å². The lowest BCUT2D eigenvalue weighted by atomic mass is 10.1. The number of primary amides is 1. The van der Waals surface area contributed by atoms with Crippen molar-refractivity contribution in [2.24, 2.45) is 11.5 Å². The molecule has 3 unspecified atom stereocenters. The van der Waals surface area contributed by atoms with Gasteiger partial charge in [0.2, 0.25) is 23.6 Å². The van der Waals surface area contributed by atoms with Crippen molar-refractivity contribution in [3.8, 4) is 0 Å². The Morgan fingerprint density at radius 2 is 1.65 bits per heavy atom. The number of hydrogen-bond acceptors (Lipinski definition) is 8. The molecule has 0 spiro atoms. The number of thiol groups is 1. The topological polar surface area (TPSA) is 214 Å². The monoisotopic (exact) mass is 393 g/mol. The Bertz CT molecular complexity index is 545. The molecule has 0 aliphatic rings. The van der Waals surface area contributed by atoms with Crippen LogP contribution in [0.5, 0.6) is 0 Å². The Balaban J connectivity index is 4.83. The summed E-state index contributed by atoms with van der Waals surface area (Å²) in [5.41, 5.74) is 10.3. The number of nitrogens with two attached hydrogens (primary N) is 2. The van der Waals surface area contributed by atoms with Crippen LogP contribution in [0.1, 0.15) is 12.8 Å². The van der Waals surface area contributed by atoms with Crippen LogP contribution in [0, 0.1) is 0 Å². The van der Waals surface area contributed by atoms with Gasteiger partial charge in [0.1, 0.15) is 18.1 Å². The lowest BCUT2D eigenvalue weighted by Crippen LogP contribution is -2.54. The molecule has 0 heterocycles. The molecule has 0 rings (SSSR count). The minimum absolute atomic E-state index is 0.171. The summed E-state index contributed by atoms with van der Waals surface area (Å²) in [4.78, 5) is 57.2. The van der Waals surface area contributed by atoms with E-state index >= 15 is 0 Å². The average molecular weight is 393 g/mol. The van der Waals surface area contributed by atoms with Crippen LogP contribution in [0.15, 0.2) is 0 Å². The molecule has 0 radical (unpaired) electrons.